The van der Waals surface area contributed by atoms with Crippen molar-refractivity contribution in [3.63, 3.8) is 0 Å². The molecule has 1 N–H and O–H groups in total. The maximum atomic E-state index is 12.3. The van der Waals surface area contributed by atoms with Gasteiger partial charge in [-0.15, -0.1) is 0 Å². The average Bonchev–Trinajstić information content (AvgIpc) is 2.53. The van der Waals surface area contributed by atoms with E-state index >= 15 is 0 Å². The Bertz CT molecular complexity index is 645. The van der Waals surface area contributed by atoms with E-state index in [1.165, 1.54) is 5.56 Å². The standard InChI is InChI=1S/C17H19N3O2/c1-22-16-11-13(7-9-18-16)12-19-17(21)20-10-8-15(20)14-5-3-2-4-6-14/h2-7,9,11,15H,8,10,12H2,1H3,(H,19,21). The van der Waals surface area contributed by atoms with Crippen LogP contribution in [0.25, 0.3) is 0 Å². The number of hydrogen-bond donors (Lipinski definition) is 1. The number of rotatable bonds is 4. The molecule has 1 unspecified atom stereocenters. The van der Waals surface area contributed by atoms with Gasteiger partial charge in [0.05, 0.1) is 13.2 Å². The Balaban J connectivity index is 1.58. The van der Waals surface area contributed by atoms with Crippen LogP contribution in [0.5, 0.6) is 5.88 Å². The number of carbonyl (C=O) groups excluding carboxylic acids is 1. The van der Waals surface area contributed by atoms with Crippen molar-refractivity contribution in [3.05, 3.63) is 59.8 Å². The lowest BCUT2D eigenvalue weighted by Crippen LogP contribution is -2.49. The molecule has 0 spiro atoms. The molecule has 0 bridgehead atoms. The van der Waals surface area contributed by atoms with Gasteiger partial charge in [0.1, 0.15) is 0 Å². The smallest absolute Gasteiger partial charge is 0.318 e. The van der Waals surface area contributed by atoms with Crippen molar-refractivity contribution in [2.75, 3.05) is 13.7 Å². The summed E-state index contributed by atoms with van der Waals surface area (Å²) in [5.41, 5.74) is 2.16. The number of carbonyl (C=O) groups is 1. The van der Waals surface area contributed by atoms with Gasteiger partial charge in [0.25, 0.3) is 0 Å². The molecule has 1 aliphatic heterocycles. The first-order chi connectivity index (χ1) is 10.8. The van der Waals surface area contributed by atoms with Gasteiger partial charge in [0, 0.05) is 25.4 Å². The SMILES string of the molecule is COc1cc(CNC(=O)N2CCC2c2ccccc2)ccn1. The molecule has 2 aromatic rings. The molecule has 3 rings (SSSR count). The third-order valence-electron chi connectivity index (χ3n) is 3.92. The van der Waals surface area contributed by atoms with Gasteiger partial charge in [-0.05, 0) is 23.6 Å². The monoisotopic (exact) mass is 297 g/mol. The van der Waals surface area contributed by atoms with E-state index in [1.807, 2.05) is 35.2 Å². The number of nitrogens with zero attached hydrogens (tertiary/aromatic N) is 2. The van der Waals surface area contributed by atoms with Crippen LogP contribution in [0.1, 0.15) is 23.6 Å². The second-order valence-corrected chi connectivity index (χ2v) is 5.27. The minimum atomic E-state index is -0.0316. The van der Waals surface area contributed by atoms with Gasteiger partial charge in [-0.3, -0.25) is 0 Å². The van der Waals surface area contributed by atoms with E-state index in [4.69, 9.17) is 4.74 Å². The van der Waals surface area contributed by atoms with Gasteiger partial charge >= 0.3 is 6.03 Å². The molecule has 1 aliphatic rings. The highest BCUT2D eigenvalue weighted by Gasteiger charge is 2.32. The van der Waals surface area contributed by atoms with E-state index in [0.717, 1.165) is 18.5 Å². The molecule has 1 fully saturated rings. The minimum absolute atomic E-state index is 0.0316. The molecule has 0 radical (unpaired) electrons. The lowest BCUT2D eigenvalue weighted by Gasteiger charge is -2.41. The number of nitrogens with one attached hydrogen (secondary N) is 1. The third-order valence-corrected chi connectivity index (χ3v) is 3.92. The zero-order chi connectivity index (χ0) is 15.4. The Labute approximate surface area is 129 Å². The third kappa shape index (κ3) is 3.03. The molecular formula is C17H19N3O2. The summed E-state index contributed by atoms with van der Waals surface area (Å²) in [4.78, 5) is 18.2. The fraction of sp³-hybridized carbons (Fsp3) is 0.294. The van der Waals surface area contributed by atoms with Crippen molar-refractivity contribution in [3.8, 4) is 5.88 Å². The zero-order valence-electron chi connectivity index (χ0n) is 12.5. The number of likely N-dealkylation sites (tertiary alicyclic amines) is 1. The molecule has 5 heteroatoms. The normalized spacial score (nSPS) is 16.8. The first-order valence-corrected chi connectivity index (χ1v) is 7.36. The topological polar surface area (TPSA) is 54.5 Å². The predicted molar refractivity (Wildman–Crippen MR) is 83.5 cm³/mol. The van der Waals surface area contributed by atoms with Crippen LogP contribution in [0.3, 0.4) is 0 Å². The molecular weight excluding hydrogens is 278 g/mol. The van der Waals surface area contributed by atoms with Crippen LogP contribution in [-0.4, -0.2) is 29.6 Å². The minimum Gasteiger partial charge on any atom is -0.481 e. The molecule has 2 amide bonds. The molecule has 0 aliphatic carbocycles. The van der Waals surface area contributed by atoms with Gasteiger partial charge in [0.2, 0.25) is 5.88 Å². The highest BCUT2D eigenvalue weighted by atomic mass is 16.5. The van der Waals surface area contributed by atoms with Crippen LogP contribution in [0.2, 0.25) is 0 Å². The molecule has 1 atom stereocenters. The molecule has 1 aromatic carbocycles. The lowest BCUT2D eigenvalue weighted by atomic mass is 9.95. The van der Waals surface area contributed by atoms with Crippen LogP contribution < -0.4 is 10.1 Å². The Morgan fingerprint density at radius 1 is 1.36 bits per heavy atom. The summed E-state index contributed by atoms with van der Waals surface area (Å²) in [5.74, 6) is 0.554. The number of ether oxygens (including phenoxy) is 1. The lowest BCUT2D eigenvalue weighted by molar-refractivity contribution is 0.115. The summed E-state index contributed by atoms with van der Waals surface area (Å²) < 4.78 is 5.08. The zero-order valence-corrected chi connectivity index (χ0v) is 12.5. The van der Waals surface area contributed by atoms with E-state index in [1.54, 1.807) is 13.3 Å². The summed E-state index contributed by atoms with van der Waals surface area (Å²) in [6.45, 7) is 1.26. The quantitative estimate of drug-likeness (QED) is 0.944. The first-order valence-electron chi connectivity index (χ1n) is 7.36. The summed E-state index contributed by atoms with van der Waals surface area (Å²) >= 11 is 0. The van der Waals surface area contributed by atoms with Crippen molar-refractivity contribution in [1.29, 1.82) is 0 Å². The molecule has 22 heavy (non-hydrogen) atoms. The van der Waals surface area contributed by atoms with Crippen molar-refractivity contribution in [2.24, 2.45) is 0 Å². The molecule has 0 saturated carbocycles. The Kier molecular flexibility index (Phi) is 4.23. The van der Waals surface area contributed by atoms with Crippen LogP contribution >= 0.6 is 0 Å². The largest absolute Gasteiger partial charge is 0.481 e. The number of amides is 2. The summed E-state index contributed by atoms with van der Waals surface area (Å²) in [6.07, 6.45) is 2.69. The number of methoxy groups -OCH3 is 1. The fourth-order valence-electron chi connectivity index (χ4n) is 2.60. The highest BCUT2D eigenvalue weighted by molar-refractivity contribution is 5.75. The van der Waals surface area contributed by atoms with Gasteiger partial charge < -0.3 is 15.0 Å². The van der Waals surface area contributed by atoms with E-state index in [9.17, 15) is 4.79 Å². The van der Waals surface area contributed by atoms with Crippen LogP contribution in [0.4, 0.5) is 4.79 Å². The van der Waals surface area contributed by atoms with Gasteiger partial charge in [0.15, 0.2) is 0 Å². The van der Waals surface area contributed by atoms with E-state index in [2.05, 4.69) is 22.4 Å². The Morgan fingerprint density at radius 2 is 2.18 bits per heavy atom. The van der Waals surface area contributed by atoms with Crippen molar-refractivity contribution in [1.82, 2.24) is 15.2 Å². The molecule has 1 saturated heterocycles. The van der Waals surface area contributed by atoms with Crippen LogP contribution in [-0.2, 0) is 6.54 Å². The summed E-state index contributed by atoms with van der Waals surface area (Å²) in [5, 5.41) is 2.96. The molecule has 1 aromatic heterocycles. The number of urea groups is 1. The van der Waals surface area contributed by atoms with Gasteiger partial charge in [-0.2, -0.15) is 0 Å². The molecule has 5 nitrogen and oxygen atoms in total. The van der Waals surface area contributed by atoms with Crippen molar-refractivity contribution in [2.45, 2.75) is 19.0 Å². The number of hydrogen-bond acceptors (Lipinski definition) is 3. The van der Waals surface area contributed by atoms with E-state index < -0.39 is 0 Å². The van der Waals surface area contributed by atoms with Crippen molar-refractivity contribution >= 4 is 6.03 Å². The maximum absolute atomic E-state index is 12.3. The Morgan fingerprint density at radius 3 is 2.86 bits per heavy atom. The van der Waals surface area contributed by atoms with E-state index in [0.29, 0.717) is 12.4 Å². The second kappa shape index (κ2) is 6.47. The number of pyridine rings is 1. The predicted octanol–water partition coefficient (Wildman–Crippen LogP) is 2.75. The summed E-state index contributed by atoms with van der Waals surface area (Å²) in [6, 6.07) is 14.0. The number of aromatic nitrogens is 1. The van der Waals surface area contributed by atoms with E-state index in [-0.39, 0.29) is 12.1 Å². The highest BCUT2D eigenvalue weighted by Crippen LogP contribution is 2.32. The fourth-order valence-corrected chi connectivity index (χ4v) is 2.60. The van der Waals surface area contributed by atoms with Crippen LogP contribution in [0, 0.1) is 0 Å². The second-order valence-electron chi connectivity index (χ2n) is 5.27. The summed E-state index contributed by atoms with van der Waals surface area (Å²) in [7, 11) is 1.58. The van der Waals surface area contributed by atoms with Gasteiger partial charge in [-0.1, -0.05) is 30.3 Å². The Hall–Kier alpha value is -2.56. The van der Waals surface area contributed by atoms with Gasteiger partial charge in [-0.25, -0.2) is 9.78 Å². The number of benzene rings is 1. The average molecular weight is 297 g/mol. The molecule has 2 heterocycles. The molecule has 114 valence electrons. The van der Waals surface area contributed by atoms with Crippen LogP contribution in [0.15, 0.2) is 48.7 Å². The van der Waals surface area contributed by atoms with Crippen molar-refractivity contribution < 1.29 is 9.53 Å². The first kappa shape index (κ1) is 14.4. The maximum Gasteiger partial charge on any atom is 0.318 e.